The molecule has 2 heterocycles. The highest BCUT2D eigenvalue weighted by atomic mass is 35.5. The van der Waals surface area contributed by atoms with Crippen LogP contribution in [0.25, 0.3) is 10.9 Å². The van der Waals surface area contributed by atoms with Crippen molar-refractivity contribution in [2.45, 2.75) is 37.8 Å². The number of aromatic nitrogens is 2. The minimum atomic E-state index is -3.37. The summed E-state index contributed by atoms with van der Waals surface area (Å²) >= 11 is 5.94. The van der Waals surface area contributed by atoms with Gasteiger partial charge in [0.25, 0.3) is 0 Å². The summed E-state index contributed by atoms with van der Waals surface area (Å²) in [5.41, 5.74) is 1.22. The van der Waals surface area contributed by atoms with Gasteiger partial charge in [-0.2, -0.15) is 0 Å². The molecule has 1 aromatic heterocycles. The lowest BCUT2D eigenvalue weighted by atomic mass is 9.93. The first-order chi connectivity index (χ1) is 19.3. The van der Waals surface area contributed by atoms with Gasteiger partial charge in [-0.3, -0.25) is 4.90 Å². The minimum Gasteiger partial charge on any atom is -0.493 e. The van der Waals surface area contributed by atoms with E-state index in [0.29, 0.717) is 79.3 Å². The fourth-order valence-electron chi connectivity index (χ4n) is 4.99. The molecule has 2 aliphatic rings. The van der Waals surface area contributed by atoms with Gasteiger partial charge in [0.15, 0.2) is 11.5 Å². The Labute approximate surface area is 238 Å². The number of fused-ring (bicyclic) bond motifs is 1. The van der Waals surface area contributed by atoms with Crippen LogP contribution in [0.1, 0.15) is 25.7 Å². The van der Waals surface area contributed by atoms with Crippen molar-refractivity contribution >= 4 is 44.0 Å². The second-order valence-corrected chi connectivity index (χ2v) is 12.3. The van der Waals surface area contributed by atoms with Crippen molar-refractivity contribution in [1.82, 2.24) is 19.6 Å². The van der Waals surface area contributed by atoms with Gasteiger partial charge in [-0.15, -0.1) is 0 Å². The van der Waals surface area contributed by atoms with Crippen molar-refractivity contribution in [3.05, 3.63) is 47.5 Å². The van der Waals surface area contributed by atoms with E-state index in [4.69, 9.17) is 25.8 Å². The Bertz CT molecular complexity index is 1430. The largest absolute Gasteiger partial charge is 0.493 e. The van der Waals surface area contributed by atoms with Crippen LogP contribution in [-0.2, 0) is 14.8 Å². The van der Waals surface area contributed by atoms with Crippen LogP contribution in [0.2, 0.25) is 5.02 Å². The number of halogens is 2. The lowest BCUT2D eigenvalue weighted by Crippen LogP contribution is -2.44. The highest BCUT2D eigenvalue weighted by molar-refractivity contribution is 7.89. The number of hydrogen-bond donors (Lipinski definition) is 2. The molecule has 0 unspecified atom stereocenters. The van der Waals surface area contributed by atoms with Gasteiger partial charge < -0.3 is 19.5 Å². The van der Waals surface area contributed by atoms with Gasteiger partial charge >= 0.3 is 0 Å². The van der Waals surface area contributed by atoms with E-state index in [0.717, 1.165) is 13.1 Å². The van der Waals surface area contributed by atoms with Crippen molar-refractivity contribution in [3.8, 4) is 11.5 Å². The molecule has 3 aromatic rings. The molecule has 2 fully saturated rings. The van der Waals surface area contributed by atoms with Crippen molar-refractivity contribution in [1.29, 1.82) is 0 Å². The van der Waals surface area contributed by atoms with Crippen LogP contribution >= 0.6 is 11.6 Å². The van der Waals surface area contributed by atoms with E-state index in [9.17, 15) is 12.8 Å². The maximum absolute atomic E-state index is 13.6. The van der Waals surface area contributed by atoms with Crippen LogP contribution in [0.15, 0.2) is 36.7 Å². The normalized spacial score (nSPS) is 20.4. The predicted octanol–water partition coefficient (Wildman–Crippen LogP) is 4.12. The number of rotatable bonds is 10. The maximum Gasteiger partial charge on any atom is 0.213 e. The van der Waals surface area contributed by atoms with Gasteiger partial charge in [-0.05, 0) is 49.9 Å². The van der Waals surface area contributed by atoms with Crippen LogP contribution in [0, 0.1) is 5.82 Å². The third-order valence-corrected chi connectivity index (χ3v) is 8.90. The summed E-state index contributed by atoms with van der Waals surface area (Å²) in [6.45, 7) is 3.33. The number of nitrogens with one attached hydrogen (secondary N) is 2. The monoisotopic (exact) mass is 593 g/mol. The Balaban J connectivity index is 1.22. The van der Waals surface area contributed by atoms with Gasteiger partial charge in [0.1, 0.15) is 18.0 Å². The summed E-state index contributed by atoms with van der Waals surface area (Å²) in [5, 5.41) is 3.87. The van der Waals surface area contributed by atoms with E-state index in [1.165, 1.54) is 18.5 Å². The fraction of sp³-hybridized carbons (Fsp3) is 0.481. The van der Waals surface area contributed by atoms with E-state index >= 15 is 0 Å². The summed E-state index contributed by atoms with van der Waals surface area (Å²) in [7, 11) is -1.80. The van der Waals surface area contributed by atoms with Gasteiger partial charge in [-0.25, -0.2) is 27.5 Å². The number of ether oxygens (including phenoxy) is 3. The lowest BCUT2D eigenvalue weighted by Gasteiger charge is -2.30. The van der Waals surface area contributed by atoms with Gasteiger partial charge in [0, 0.05) is 42.8 Å². The Hall–Kier alpha value is -2.77. The van der Waals surface area contributed by atoms with Crippen molar-refractivity contribution in [2.75, 3.05) is 51.0 Å². The molecule has 0 atom stereocenters. The molecule has 5 rings (SSSR count). The molecule has 0 spiro atoms. The van der Waals surface area contributed by atoms with Crippen LogP contribution in [0.3, 0.4) is 0 Å². The van der Waals surface area contributed by atoms with Crippen LogP contribution < -0.4 is 19.5 Å². The molecule has 216 valence electrons. The summed E-state index contributed by atoms with van der Waals surface area (Å²) in [6, 6.07) is 7.84. The predicted molar refractivity (Wildman–Crippen MR) is 152 cm³/mol. The molecule has 0 amide bonds. The second-order valence-electron chi connectivity index (χ2n) is 9.98. The molecule has 0 radical (unpaired) electrons. The maximum atomic E-state index is 13.6. The fourth-order valence-corrected chi connectivity index (χ4v) is 6.53. The average molecular weight is 594 g/mol. The first-order valence-corrected chi connectivity index (χ1v) is 15.3. The smallest absolute Gasteiger partial charge is 0.213 e. The molecular weight excluding hydrogens is 561 g/mol. The number of sulfonamides is 1. The molecule has 1 aliphatic carbocycles. The van der Waals surface area contributed by atoms with E-state index in [1.54, 1.807) is 19.2 Å². The van der Waals surface area contributed by atoms with Crippen LogP contribution in [-0.4, -0.2) is 81.1 Å². The summed E-state index contributed by atoms with van der Waals surface area (Å²) in [5.74, 6) is 1.17. The standard InChI is InChI=1S/C27H33ClFN5O5S/c1-37-25-16-24-21(27(31-17-30-24)32-19-4-7-23(29)22(28)14-19)15-26(25)39-20-5-2-18(3-6-20)33-40(35,36)13-10-34-8-11-38-12-9-34/h4,7,14-18,20,33H,2-3,5-6,8-13H2,1H3,(H,30,31,32). The van der Waals surface area contributed by atoms with Gasteiger partial charge in [0.2, 0.25) is 10.0 Å². The Morgan fingerprint density at radius 1 is 1.10 bits per heavy atom. The summed E-state index contributed by atoms with van der Waals surface area (Å²) in [4.78, 5) is 10.8. The zero-order valence-corrected chi connectivity index (χ0v) is 23.8. The summed E-state index contributed by atoms with van der Waals surface area (Å²) in [6.07, 6.45) is 4.08. The number of nitrogens with zero attached hydrogens (tertiary/aromatic N) is 3. The SMILES string of the molecule is COc1cc2ncnc(Nc3ccc(F)c(Cl)c3)c2cc1OC1CCC(NS(=O)(=O)CCN2CCOCC2)CC1. The zero-order chi connectivity index (χ0) is 28.1. The van der Waals surface area contributed by atoms with Crippen LogP contribution in [0.5, 0.6) is 11.5 Å². The first-order valence-electron chi connectivity index (χ1n) is 13.3. The molecule has 2 N–H and O–H groups in total. The molecule has 0 bridgehead atoms. The molecule has 1 aliphatic heterocycles. The molecule has 10 nitrogen and oxygen atoms in total. The van der Waals surface area contributed by atoms with Crippen LogP contribution in [0.4, 0.5) is 15.9 Å². The number of morpholine rings is 1. The van der Waals surface area contributed by atoms with Crippen molar-refractivity contribution < 1.29 is 27.0 Å². The number of hydrogen-bond acceptors (Lipinski definition) is 9. The first kappa shape index (κ1) is 28.7. The molecule has 2 aromatic carbocycles. The third kappa shape index (κ3) is 7.29. The number of methoxy groups -OCH3 is 1. The van der Waals surface area contributed by atoms with E-state index in [2.05, 4.69) is 24.9 Å². The third-order valence-electron chi connectivity index (χ3n) is 7.20. The quantitative estimate of drug-likeness (QED) is 0.358. The Morgan fingerprint density at radius 3 is 2.60 bits per heavy atom. The molecule has 13 heteroatoms. The Kier molecular flexibility index (Phi) is 9.21. The highest BCUT2D eigenvalue weighted by Crippen LogP contribution is 2.37. The molecular formula is C27H33ClFN5O5S. The second kappa shape index (κ2) is 12.8. The van der Waals surface area contributed by atoms with E-state index in [1.807, 2.05) is 6.07 Å². The number of benzene rings is 2. The zero-order valence-electron chi connectivity index (χ0n) is 22.2. The van der Waals surface area contributed by atoms with Crippen molar-refractivity contribution in [3.63, 3.8) is 0 Å². The van der Waals surface area contributed by atoms with Gasteiger partial charge in [-0.1, -0.05) is 11.6 Å². The number of anilines is 2. The lowest BCUT2D eigenvalue weighted by molar-refractivity contribution is 0.0407. The van der Waals surface area contributed by atoms with E-state index < -0.39 is 15.8 Å². The average Bonchev–Trinajstić information content (AvgIpc) is 2.95. The van der Waals surface area contributed by atoms with E-state index in [-0.39, 0.29) is 22.9 Å². The topological polar surface area (TPSA) is 115 Å². The molecule has 1 saturated carbocycles. The van der Waals surface area contributed by atoms with Crippen molar-refractivity contribution in [2.24, 2.45) is 0 Å². The molecule has 40 heavy (non-hydrogen) atoms. The summed E-state index contributed by atoms with van der Waals surface area (Å²) < 4.78 is 59.1. The van der Waals surface area contributed by atoms with Gasteiger partial charge in [0.05, 0.1) is 42.7 Å². The highest BCUT2D eigenvalue weighted by Gasteiger charge is 2.27. The Morgan fingerprint density at radius 2 is 1.88 bits per heavy atom. The molecule has 1 saturated heterocycles. The minimum absolute atomic E-state index is 0.00375.